The van der Waals surface area contributed by atoms with Crippen LogP contribution in [0, 0.1) is 12.3 Å². The molecule has 0 aromatic carbocycles. The number of nitrogens with zero attached hydrogens (tertiary/aromatic N) is 2. The van der Waals surface area contributed by atoms with Crippen molar-refractivity contribution in [1.29, 1.82) is 0 Å². The molecule has 0 bridgehead atoms. The highest BCUT2D eigenvalue weighted by atomic mass is 79.9. The van der Waals surface area contributed by atoms with E-state index in [2.05, 4.69) is 34.9 Å². The van der Waals surface area contributed by atoms with E-state index in [1.54, 1.807) is 0 Å². The summed E-state index contributed by atoms with van der Waals surface area (Å²) in [5, 5.41) is 15.2. The van der Waals surface area contributed by atoms with E-state index in [0.29, 0.717) is 6.42 Å². The molecule has 1 aliphatic rings. The Kier molecular flexibility index (Phi) is 3.87. The third-order valence-corrected chi connectivity index (χ3v) is 6.19. The average molecular weight is 333 g/mol. The van der Waals surface area contributed by atoms with Crippen LogP contribution in [0.5, 0.6) is 0 Å². The SMILES string of the molecule is Cc1nn(C)c(CC2(O)CSCC(C)(C)C2)c1Br. The zero-order valence-electron chi connectivity index (χ0n) is 11.5. The van der Waals surface area contributed by atoms with Gasteiger partial charge < -0.3 is 5.11 Å². The maximum Gasteiger partial charge on any atom is 0.0798 e. The summed E-state index contributed by atoms with van der Waals surface area (Å²) >= 11 is 5.43. The van der Waals surface area contributed by atoms with Crippen molar-refractivity contribution in [1.82, 2.24) is 9.78 Å². The molecule has 1 aromatic rings. The first-order valence-electron chi connectivity index (χ1n) is 6.21. The highest BCUT2D eigenvalue weighted by Gasteiger charge is 2.40. The number of halogens is 1. The first-order valence-corrected chi connectivity index (χ1v) is 8.15. The van der Waals surface area contributed by atoms with Crippen LogP contribution in [0.15, 0.2) is 4.47 Å². The van der Waals surface area contributed by atoms with E-state index in [0.717, 1.165) is 33.8 Å². The van der Waals surface area contributed by atoms with Crippen LogP contribution in [0.3, 0.4) is 0 Å². The monoisotopic (exact) mass is 332 g/mol. The first-order chi connectivity index (χ1) is 8.22. The fourth-order valence-corrected chi connectivity index (χ4v) is 4.62. The van der Waals surface area contributed by atoms with Gasteiger partial charge in [-0.05, 0) is 40.4 Å². The fraction of sp³-hybridized carbons (Fsp3) is 0.769. The molecule has 0 amide bonds. The number of hydrogen-bond acceptors (Lipinski definition) is 3. The van der Waals surface area contributed by atoms with Gasteiger partial charge in [0, 0.05) is 19.2 Å². The zero-order valence-corrected chi connectivity index (χ0v) is 13.9. The van der Waals surface area contributed by atoms with Gasteiger partial charge in [0.15, 0.2) is 0 Å². The number of rotatable bonds is 2. The third-order valence-electron chi connectivity index (χ3n) is 3.43. The van der Waals surface area contributed by atoms with Gasteiger partial charge in [0.2, 0.25) is 0 Å². The Labute approximate surface area is 121 Å². The summed E-state index contributed by atoms with van der Waals surface area (Å²) < 4.78 is 2.91. The molecule has 3 nitrogen and oxygen atoms in total. The van der Waals surface area contributed by atoms with E-state index in [1.165, 1.54) is 0 Å². The second kappa shape index (κ2) is 4.84. The molecule has 2 heterocycles. The number of aliphatic hydroxyl groups is 1. The van der Waals surface area contributed by atoms with Gasteiger partial charge in [-0.1, -0.05) is 13.8 Å². The van der Waals surface area contributed by atoms with Gasteiger partial charge >= 0.3 is 0 Å². The van der Waals surface area contributed by atoms with Gasteiger partial charge in [-0.2, -0.15) is 16.9 Å². The molecule has 0 radical (unpaired) electrons. The van der Waals surface area contributed by atoms with Gasteiger partial charge in [-0.25, -0.2) is 0 Å². The zero-order chi connectivity index (χ0) is 13.6. The Bertz CT molecular complexity index is 458. The van der Waals surface area contributed by atoms with E-state index in [1.807, 2.05) is 30.4 Å². The lowest BCUT2D eigenvalue weighted by molar-refractivity contribution is 0.0183. The van der Waals surface area contributed by atoms with Gasteiger partial charge in [0.05, 0.1) is 21.5 Å². The molecule has 0 spiro atoms. The molecular weight excluding hydrogens is 312 g/mol. The van der Waals surface area contributed by atoms with Crippen molar-refractivity contribution in [2.75, 3.05) is 11.5 Å². The molecule has 5 heteroatoms. The highest BCUT2D eigenvalue weighted by Crippen LogP contribution is 2.41. The summed E-state index contributed by atoms with van der Waals surface area (Å²) in [5.41, 5.74) is 1.67. The minimum atomic E-state index is -0.616. The smallest absolute Gasteiger partial charge is 0.0798 e. The number of thioether (sulfide) groups is 1. The molecule has 1 saturated heterocycles. The van der Waals surface area contributed by atoms with Crippen LogP contribution in [0.4, 0.5) is 0 Å². The molecule has 1 aliphatic heterocycles. The lowest BCUT2D eigenvalue weighted by Gasteiger charge is -2.41. The Morgan fingerprint density at radius 1 is 1.44 bits per heavy atom. The van der Waals surface area contributed by atoms with Crippen LogP contribution in [0.25, 0.3) is 0 Å². The highest BCUT2D eigenvalue weighted by molar-refractivity contribution is 9.10. The van der Waals surface area contributed by atoms with Crippen molar-refractivity contribution in [3.05, 3.63) is 15.9 Å². The quantitative estimate of drug-likeness (QED) is 0.904. The molecule has 1 unspecified atom stereocenters. The predicted molar refractivity (Wildman–Crippen MR) is 80.0 cm³/mol. The largest absolute Gasteiger partial charge is 0.389 e. The Morgan fingerprint density at radius 3 is 2.61 bits per heavy atom. The Morgan fingerprint density at radius 2 is 2.11 bits per heavy atom. The Hall–Kier alpha value is -0.000000000000000111. The van der Waals surface area contributed by atoms with Gasteiger partial charge in [-0.15, -0.1) is 0 Å². The van der Waals surface area contributed by atoms with Crippen LogP contribution in [0.1, 0.15) is 31.7 Å². The molecule has 102 valence electrons. The Balaban J connectivity index is 2.22. The summed E-state index contributed by atoms with van der Waals surface area (Å²) in [6.45, 7) is 6.44. The summed E-state index contributed by atoms with van der Waals surface area (Å²) in [7, 11) is 1.94. The summed E-state index contributed by atoms with van der Waals surface area (Å²) in [5.74, 6) is 1.94. The molecule has 1 fully saturated rings. The lowest BCUT2D eigenvalue weighted by atomic mass is 9.80. The minimum Gasteiger partial charge on any atom is -0.389 e. The first kappa shape index (κ1) is 14.4. The van der Waals surface area contributed by atoms with Crippen LogP contribution < -0.4 is 0 Å². The number of aryl methyl sites for hydroxylation is 2. The molecule has 1 aromatic heterocycles. The molecule has 0 aliphatic carbocycles. The normalized spacial score (nSPS) is 27.4. The van der Waals surface area contributed by atoms with Crippen LogP contribution in [-0.2, 0) is 13.5 Å². The fourth-order valence-electron chi connectivity index (χ4n) is 2.81. The second-order valence-corrected chi connectivity index (χ2v) is 7.98. The van der Waals surface area contributed by atoms with Crippen LogP contribution in [0.2, 0.25) is 0 Å². The van der Waals surface area contributed by atoms with Crippen molar-refractivity contribution in [2.24, 2.45) is 12.5 Å². The third kappa shape index (κ3) is 2.94. The van der Waals surface area contributed by atoms with Crippen LogP contribution >= 0.6 is 27.7 Å². The minimum absolute atomic E-state index is 0.206. The topological polar surface area (TPSA) is 38.0 Å². The molecule has 18 heavy (non-hydrogen) atoms. The number of hydrogen-bond donors (Lipinski definition) is 1. The molecular formula is C13H21BrN2OS. The summed E-state index contributed by atoms with van der Waals surface area (Å²) in [4.78, 5) is 0. The van der Waals surface area contributed by atoms with E-state index in [-0.39, 0.29) is 5.41 Å². The standard InChI is InChI=1S/C13H21BrN2OS/c1-9-11(14)10(16(4)15-9)5-13(17)6-12(2,3)7-18-8-13/h17H,5-8H2,1-4H3. The predicted octanol–water partition coefficient (Wildman–Crippen LogP) is 2.93. The second-order valence-electron chi connectivity index (χ2n) is 6.20. The van der Waals surface area contributed by atoms with E-state index < -0.39 is 5.60 Å². The molecule has 1 atom stereocenters. The number of aromatic nitrogens is 2. The molecule has 2 rings (SSSR count). The maximum atomic E-state index is 10.8. The van der Waals surface area contributed by atoms with Gasteiger partial charge in [0.1, 0.15) is 0 Å². The average Bonchev–Trinajstić information content (AvgIpc) is 2.43. The van der Waals surface area contributed by atoms with Crippen molar-refractivity contribution >= 4 is 27.7 Å². The maximum absolute atomic E-state index is 10.8. The van der Waals surface area contributed by atoms with Gasteiger partial charge in [-0.3, -0.25) is 4.68 Å². The van der Waals surface area contributed by atoms with Crippen molar-refractivity contribution in [3.63, 3.8) is 0 Å². The van der Waals surface area contributed by atoms with Crippen LogP contribution in [-0.4, -0.2) is 32.0 Å². The molecule has 0 saturated carbocycles. The van der Waals surface area contributed by atoms with Crippen molar-refractivity contribution < 1.29 is 5.11 Å². The van der Waals surface area contributed by atoms with E-state index in [4.69, 9.17) is 0 Å². The van der Waals surface area contributed by atoms with Crippen molar-refractivity contribution in [2.45, 2.75) is 39.2 Å². The van der Waals surface area contributed by atoms with Gasteiger partial charge in [0.25, 0.3) is 0 Å². The summed E-state index contributed by atoms with van der Waals surface area (Å²) in [6.07, 6.45) is 1.52. The molecule has 1 N–H and O–H groups in total. The van der Waals surface area contributed by atoms with E-state index in [9.17, 15) is 5.11 Å². The van der Waals surface area contributed by atoms with Crippen molar-refractivity contribution in [3.8, 4) is 0 Å². The summed E-state index contributed by atoms with van der Waals surface area (Å²) in [6, 6.07) is 0. The lowest BCUT2D eigenvalue weighted by Crippen LogP contribution is -2.44. The van der Waals surface area contributed by atoms with E-state index >= 15 is 0 Å².